The Balaban J connectivity index is 0.000000227. The average molecular weight is 2200 g/mol. The maximum atomic E-state index is 13.5. The molecule has 0 fully saturated rings. The van der Waals surface area contributed by atoms with Crippen molar-refractivity contribution in [1.29, 1.82) is 0 Å². The first-order valence-electron chi connectivity index (χ1n) is 42.7. The van der Waals surface area contributed by atoms with Gasteiger partial charge in [0.15, 0.2) is 0 Å². The van der Waals surface area contributed by atoms with E-state index in [2.05, 4.69) is 75.4 Å². The number of methoxy groups -OCH3 is 6. The molecule has 0 amide bonds. The lowest BCUT2D eigenvalue weighted by atomic mass is 10.1. The number of benzene rings is 12. The molecule has 0 atom stereocenters. The first-order chi connectivity index (χ1) is 66.0. The molecule has 12 aromatic carbocycles. The molecule has 12 rings (SSSR count). The Morgan fingerprint density at radius 1 is 0.302 bits per heavy atom. The minimum atomic E-state index is -0.492. The van der Waals surface area contributed by atoms with Gasteiger partial charge in [0.25, 0.3) is 31.0 Å². The predicted molar refractivity (Wildman–Crippen MR) is 584 cm³/mol. The van der Waals surface area contributed by atoms with Crippen molar-refractivity contribution in [1.82, 2.24) is 0 Å². The Bertz CT molecular complexity index is 5580. The van der Waals surface area contributed by atoms with Crippen molar-refractivity contribution >= 4 is 195 Å². The van der Waals surface area contributed by atoms with Gasteiger partial charge in [0.2, 0.25) is 0 Å². The van der Waals surface area contributed by atoms with E-state index in [0.29, 0.717) is 70.5 Å². The molecule has 139 heavy (non-hydrogen) atoms. The second kappa shape index (κ2) is 56.7. The van der Waals surface area contributed by atoms with E-state index in [1.54, 1.807) is 36.4 Å². The molecule has 0 heterocycles. The standard InChI is InChI=1S/C19H21NO3S.C18H21NO3S.C17H18BrNO3S.C17H18ClNO3S.C17H18FNO3S.C17H18INO3S/c1-5-15-7-8-16(17(11-15)20(21)19(24)22-4)12-23-18-9-6-13(2)10-14(18)3;1-12-6-8-17(14(3)9-12)22-11-15-7-5-13(2)10-16(15)19(20)18(23)21-4;4*1-11-4-7-16(12(2)8-11)22-10-13-5-6-14(18)9-15(13)19(20)17(23)21-3/h5-11,21H,1,12H2,2-4H3;5-10,20H,11H2,1-4H3;4*4-9,20H,10H2,1-3H3. The second-order valence-corrected chi connectivity index (χ2v) is 36.0. The van der Waals surface area contributed by atoms with Crippen molar-refractivity contribution in [2.24, 2.45) is 0 Å². The van der Waals surface area contributed by atoms with E-state index in [1.165, 1.54) is 88.7 Å². The molecule has 0 aromatic heterocycles. The number of nitrogens with zero attached hydrogens (tertiary/aromatic N) is 6. The third-order valence-corrected chi connectivity index (χ3v) is 23.9. The Hall–Kier alpha value is -11.5. The van der Waals surface area contributed by atoms with E-state index in [0.717, 1.165) is 146 Å². The number of ether oxygens (including phenoxy) is 12. The molecule has 0 spiro atoms. The average Bonchev–Trinajstić information content (AvgIpc) is 0.835. The highest BCUT2D eigenvalue weighted by Gasteiger charge is 2.24. The van der Waals surface area contributed by atoms with Crippen LogP contribution in [0.15, 0.2) is 229 Å². The van der Waals surface area contributed by atoms with Crippen molar-refractivity contribution in [3.8, 4) is 34.5 Å². The van der Waals surface area contributed by atoms with Gasteiger partial charge < -0.3 is 56.8 Å². The van der Waals surface area contributed by atoms with E-state index in [-0.39, 0.29) is 49.9 Å². The molecule has 0 aliphatic heterocycles. The van der Waals surface area contributed by atoms with Crippen LogP contribution >= 0.6 is 123 Å². The summed E-state index contributed by atoms with van der Waals surface area (Å²) in [6, 6.07) is 67.5. The lowest BCUT2D eigenvalue weighted by Crippen LogP contribution is -2.27. The molecule has 736 valence electrons. The van der Waals surface area contributed by atoms with Crippen molar-refractivity contribution < 1.29 is 92.5 Å². The maximum Gasteiger partial charge on any atom is 0.288 e. The monoisotopic (exact) mass is 2200 g/mol. The molecule has 6 N–H and O–H groups in total. The number of halogens is 4. The highest BCUT2D eigenvalue weighted by molar-refractivity contribution is 14.1. The van der Waals surface area contributed by atoms with Crippen LogP contribution in [0.1, 0.15) is 111 Å². The summed E-state index contributed by atoms with van der Waals surface area (Å²) in [7, 11) is 8.39. The number of thiocarbonyl (C=S) groups is 6. The van der Waals surface area contributed by atoms with Crippen LogP contribution in [0.4, 0.5) is 38.5 Å². The minimum Gasteiger partial charge on any atom is -0.489 e. The third kappa shape index (κ3) is 35.1. The van der Waals surface area contributed by atoms with E-state index in [9.17, 15) is 35.6 Å². The van der Waals surface area contributed by atoms with Crippen molar-refractivity contribution in [3.63, 3.8) is 0 Å². The van der Waals surface area contributed by atoms with E-state index < -0.39 is 5.82 Å². The number of hydroxylamine groups is 6. The van der Waals surface area contributed by atoms with Gasteiger partial charge in [-0.2, -0.15) is 30.4 Å². The fraction of sp³-hybridized carbons (Fsp3) is 0.238. The zero-order chi connectivity index (χ0) is 103. The lowest BCUT2D eigenvalue weighted by molar-refractivity contribution is 0.264. The van der Waals surface area contributed by atoms with Crippen LogP contribution in [-0.4, -0.2) is 105 Å². The third-order valence-electron chi connectivity index (χ3n) is 20.5. The summed E-state index contributed by atoms with van der Waals surface area (Å²) >= 11 is 41.3. The van der Waals surface area contributed by atoms with Gasteiger partial charge in [-0.05, 0) is 321 Å². The number of hydrogen-bond donors (Lipinski definition) is 6. The number of anilines is 6. The van der Waals surface area contributed by atoms with Crippen LogP contribution in [0.2, 0.25) is 5.02 Å². The Kier molecular flexibility index (Phi) is 46.7. The summed E-state index contributed by atoms with van der Waals surface area (Å²) in [4.78, 5) is 0. The van der Waals surface area contributed by atoms with Crippen LogP contribution in [-0.2, 0) is 68.1 Å². The minimum absolute atomic E-state index is 0.0108. The second-order valence-electron chi connectivity index (χ2n) is 31.4. The van der Waals surface area contributed by atoms with Crippen LogP contribution in [0, 0.1) is 99.4 Å². The van der Waals surface area contributed by atoms with Gasteiger partial charge in [-0.25, -0.2) is 4.39 Å². The molecule has 0 saturated carbocycles. The van der Waals surface area contributed by atoms with E-state index >= 15 is 0 Å². The summed E-state index contributed by atoms with van der Waals surface area (Å²) in [5.74, 6) is 4.27. The molecule has 0 radical (unpaired) electrons. The van der Waals surface area contributed by atoms with Gasteiger partial charge in [0.1, 0.15) is 80.0 Å². The molecule has 0 saturated heterocycles. The van der Waals surface area contributed by atoms with Crippen LogP contribution in [0.3, 0.4) is 0 Å². The molecule has 0 aliphatic carbocycles. The van der Waals surface area contributed by atoms with Gasteiger partial charge in [-0.1, -0.05) is 195 Å². The largest absolute Gasteiger partial charge is 0.489 e. The Labute approximate surface area is 872 Å². The van der Waals surface area contributed by atoms with Gasteiger partial charge in [0, 0.05) is 52.5 Å². The first kappa shape index (κ1) is 114. The molecule has 24 nitrogen and oxygen atoms in total. The molecule has 12 aromatic rings. The van der Waals surface area contributed by atoms with Crippen LogP contribution in [0.5, 0.6) is 34.5 Å². The Morgan fingerprint density at radius 2 is 0.525 bits per heavy atom. The summed E-state index contributed by atoms with van der Waals surface area (Å²) in [5, 5.41) is 65.9. The number of aryl methyl sites for hydroxylation is 13. The van der Waals surface area contributed by atoms with Crippen LogP contribution in [0.25, 0.3) is 6.08 Å². The quantitative estimate of drug-likeness (QED) is 0.0177. The number of rotatable bonds is 25. The fourth-order valence-corrected chi connectivity index (χ4v) is 14.8. The van der Waals surface area contributed by atoms with Crippen LogP contribution < -0.4 is 58.8 Å². The first-order valence-corrected chi connectivity index (χ1v) is 47.4. The van der Waals surface area contributed by atoms with E-state index in [1.807, 2.05) is 230 Å². The van der Waals surface area contributed by atoms with Crippen molar-refractivity contribution in [3.05, 3.63) is 355 Å². The number of hydrogen-bond acceptors (Lipinski definition) is 24. The summed E-state index contributed by atoms with van der Waals surface area (Å²) in [5.41, 5.74) is 22.5. The molecular weight excluding hydrogens is 2090 g/mol. The van der Waals surface area contributed by atoms with Gasteiger partial charge >= 0.3 is 0 Å². The zero-order valence-corrected chi connectivity index (χ0v) is 89.9. The molecule has 0 aliphatic rings. The smallest absolute Gasteiger partial charge is 0.288 e. The van der Waals surface area contributed by atoms with E-state index in [4.69, 9.17) is 142 Å². The topological polar surface area (TPSA) is 252 Å². The van der Waals surface area contributed by atoms with Gasteiger partial charge in [-0.15, -0.1) is 0 Å². The summed E-state index contributed by atoms with van der Waals surface area (Å²) in [6.07, 6.45) is 1.70. The lowest BCUT2D eigenvalue weighted by Gasteiger charge is -2.20. The van der Waals surface area contributed by atoms with Gasteiger partial charge in [0.05, 0.1) is 76.8 Å². The zero-order valence-electron chi connectivity index (χ0n) is 80.5. The van der Waals surface area contributed by atoms with Crippen molar-refractivity contribution in [2.45, 2.75) is 130 Å². The predicted octanol–water partition coefficient (Wildman–Crippen LogP) is 27.2. The Morgan fingerprint density at radius 3 is 0.813 bits per heavy atom. The highest BCUT2D eigenvalue weighted by atomic mass is 127. The summed E-state index contributed by atoms with van der Waals surface area (Å²) in [6.45, 7) is 31.5. The molecule has 0 unspecified atom stereocenters. The highest BCUT2D eigenvalue weighted by Crippen LogP contribution is 2.35. The fourth-order valence-electron chi connectivity index (χ4n) is 13.3. The molecular formula is C105H114BrClFIN6O18S6. The van der Waals surface area contributed by atoms with Crippen molar-refractivity contribution in [2.75, 3.05) is 73.0 Å². The van der Waals surface area contributed by atoms with Gasteiger partial charge in [-0.3, -0.25) is 31.2 Å². The molecule has 0 bridgehead atoms. The molecule has 34 heteroatoms. The summed E-state index contributed by atoms with van der Waals surface area (Å²) < 4.78 is 79.9. The SMILES string of the molecule is C=Cc1ccc(COc2ccc(C)cc2C)c(N(O)C(=S)OC)c1.COC(=S)N(O)c1cc(Br)ccc1COc1ccc(C)cc1C.COC(=S)N(O)c1cc(C)ccc1COc1ccc(C)cc1C.COC(=S)N(O)c1cc(Cl)ccc1COc1ccc(C)cc1C.COC(=S)N(O)c1cc(F)ccc1COc1ccc(C)cc1C.COC(=S)N(O)c1cc(I)ccc1COc1ccc(C)cc1C. The normalized spacial score (nSPS) is 10.3. The maximum absolute atomic E-state index is 13.5.